The number of Topliss-reactive ketones (excluding diaryl/α,β-unsaturated/α-hetero) is 1. The van der Waals surface area contributed by atoms with E-state index in [1.54, 1.807) is 26.0 Å². The van der Waals surface area contributed by atoms with Crippen molar-refractivity contribution in [3.8, 4) is 0 Å². The Morgan fingerprint density at radius 2 is 1.70 bits per heavy atom. The van der Waals surface area contributed by atoms with Crippen molar-refractivity contribution in [3.63, 3.8) is 0 Å². The molecule has 14 heteroatoms. The van der Waals surface area contributed by atoms with Crippen molar-refractivity contribution in [1.82, 2.24) is 21.3 Å². The summed E-state index contributed by atoms with van der Waals surface area (Å²) in [4.78, 5) is 64.7. The molecule has 6 atom stereocenters. The summed E-state index contributed by atoms with van der Waals surface area (Å²) in [6.07, 6.45) is 4.06. The van der Waals surface area contributed by atoms with Crippen LogP contribution in [-0.4, -0.2) is 93.0 Å². The van der Waals surface area contributed by atoms with Gasteiger partial charge in [0.25, 0.3) is 5.91 Å². The van der Waals surface area contributed by atoms with E-state index in [9.17, 15) is 29.1 Å². The SMILES string of the molecule is CO[C@H]1/C=C\C=C(/C)C(=O)NC2=CC(=O)C(NCCNC(=O)NCCc3ccccc3)=C(C[C@@H](C)C[C@H](OC)[C@H](O)[C@@H](C)/C=C(\C)[C@@H]1OC(N)=O)C2=O. The van der Waals surface area contributed by atoms with Crippen LogP contribution >= 0.6 is 0 Å². The second-order valence-corrected chi connectivity index (χ2v) is 13.3. The normalized spacial score (nSPS) is 27.3. The van der Waals surface area contributed by atoms with Gasteiger partial charge in [-0.1, -0.05) is 68.5 Å². The van der Waals surface area contributed by atoms with Gasteiger partial charge in [-0.05, 0) is 50.2 Å². The highest BCUT2D eigenvalue weighted by atomic mass is 16.6. The molecule has 0 unspecified atom stereocenters. The fourth-order valence-electron chi connectivity index (χ4n) is 6.17. The molecular formula is C39H53N5O9. The van der Waals surface area contributed by atoms with E-state index in [0.717, 1.165) is 11.6 Å². The lowest BCUT2D eigenvalue weighted by atomic mass is 9.85. The van der Waals surface area contributed by atoms with Crippen LogP contribution in [0, 0.1) is 11.8 Å². The molecule has 7 N–H and O–H groups in total. The summed E-state index contributed by atoms with van der Waals surface area (Å²) in [5, 5.41) is 22.5. The number of ether oxygens (including phenoxy) is 3. The Hall–Kier alpha value is -5.05. The molecule has 1 aliphatic carbocycles. The average Bonchev–Trinajstić information content (AvgIpc) is 3.12. The third-order valence-corrected chi connectivity index (χ3v) is 9.05. The standard InChI is InChI=1S/C39H53N5O9/c1-23-19-28-33(41-17-18-43-39(50)42-16-15-27-12-8-7-9-13-27)30(45)22-29(35(28)47)44-37(48)24(2)11-10-14-31(51-5)36(53-38(40)49)26(4)21-25(3)34(46)32(20-23)52-6/h7-14,21-23,25,31-32,34,36,41,46H,15-20H2,1-6H3,(H2,40,49)(H,44,48)(H2,42,43,50)/b14-10-,24-11+,26-21+/t23-,25+,31+,32+,34-,36+/m1/s1. The Kier molecular flexibility index (Phi) is 16.7. The summed E-state index contributed by atoms with van der Waals surface area (Å²) in [6, 6.07) is 9.38. The van der Waals surface area contributed by atoms with Crippen molar-refractivity contribution < 1.29 is 43.3 Å². The maximum absolute atomic E-state index is 13.9. The number of primary amides is 1. The van der Waals surface area contributed by atoms with E-state index in [-0.39, 0.29) is 54.0 Å². The molecule has 1 heterocycles. The second kappa shape index (κ2) is 20.9. The van der Waals surface area contributed by atoms with Crippen LogP contribution in [0.15, 0.2) is 88.8 Å². The number of carbonyl (C=O) groups excluding carboxylic acids is 5. The van der Waals surface area contributed by atoms with Crippen molar-refractivity contribution >= 4 is 29.6 Å². The van der Waals surface area contributed by atoms with E-state index in [0.29, 0.717) is 25.0 Å². The summed E-state index contributed by atoms with van der Waals surface area (Å²) in [7, 11) is 2.90. The Morgan fingerprint density at radius 1 is 1.00 bits per heavy atom. The number of nitrogens with one attached hydrogen (secondary N) is 4. The third-order valence-electron chi connectivity index (χ3n) is 9.05. The lowest BCUT2D eigenvalue weighted by Gasteiger charge is -2.30. The van der Waals surface area contributed by atoms with E-state index >= 15 is 0 Å². The summed E-state index contributed by atoms with van der Waals surface area (Å²) >= 11 is 0. The monoisotopic (exact) mass is 735 g/mol. The first-order valence-electron chi connectivity index (χ1n) is 17.6. The van der Waals surface area contributed by atoms with Gasteiger partial charge in [0.1, 0.15) is 6.10 Å². The second-order valence-electron chi connectivity index (χ2n) is 13.3. The lowest BCUT2D eigenvalue weighted by Crippen LogP contribution is -2.41. The van der Waals surface area contributed by atoms with Crippen LogP contribution in [0.3, 0.4) is 0 Å². The van der Waals surface area contributed by atoms with E-state index in [1.807, 2.05) is 37.3 Å². The number of hydrogen-bond donors (Lipinski definition) is 6. The number of methoxy groups -OCH3 is 2. The summed E-state index contributed by atoms with van der Waals surface area (Å²) in [5.41, 5.74) is 7.30. The van der Waals surface area contributed by atoms with Crippen molar-refractivity contribution in [2.75, 3.05) is 33.9 Å². The number of hydrogen-bond acceptors (Lipinski definition) is 10. The molecule has 1 aromatic rings. The van der Waals surface area contributed by atoms with Crippen LogP contribution in [0.1, 0.15) is 46.1 Å². The summed E-state index contributed by atoms with van der Waals surface area (Å²) in [5.74, 6) is -2.42. The molecule has 4 amide bonds. The predicted octanol–water partition coefficient (Wildman–Crippen LogP) is 2.89. The fourth-order valence-corrected chi connectivity index (χ4v) is 6.17. The molecule has 0 radical (unpaired) electrons. The first-order valence-corrected chi connectivity index (χ1v) is 17.6. The van der Waals surface area contributed by atoms with Gasteiger partial charge < -0.3 is 46.3 Å². The maximum Gasteiger partial charge on any atom is 0.405 e. The molecule has 0 fully saturated rings. The number of allylic oxidation sites excluding steroid dienone is 4. The number of rotatable bonds is 10. The lowest BCUT2D eigenvalue weighted by molar-refractivity contribution is -0.120. The Morgan fingerprint density at radius 3 is 2.36 bits per heavy atom. The van der Waals surface area contributed by atoms with Gasteiger partial charge in [0.15, 0.2) is 6.10 Å². The van der Waals surface area contributed by atoms with E-state index in [1.165, 1.54) is 33.3 Å². The zero-order valence-corrected chi connectivity index (χ0v) is 31.3. The molecule has 2 bridgehead atoms. The summed E-state index contributed by atoms with van der Waals surface area (Å²) < 4.78 is 16.7. The van der Waals surface area contributed by atoms with Gasteiger partial charge in [-0.3, -0.25) is 14.4 Å². The highest BCUT2D eigenvalue weighted by molar-refractivity contribution is 6.23. The van der Waals surface area contributed by atoms with E-state index in [2.05, 4.69) is 21.3 Å². The van der Waals surface area contributed by atoms with Crippen LogP contribution in [0.5, 0.6) is 0 Å². The number of amides is 4. The molecule has 0 saturated carbocycles. The van der Waals surface area contributed by atoms with Crippen molar-refractivity contribution in [1.29, 1.82) is 0 Å². The van der Waals surface area contributed by atoms with Crippen LogP contribution in [0.4, 0.5) is 9.59 Å². The van der Waals surface area contributed by atoms with Crippen molar-refractivity contribution in [3.05, 3.63) is 94.4 Å². The maximum atomic E-state index is 13.9. The molecule has 1 aromatic carbocycles. The van der Waals surface area contributed by atoms with Gasteiger partial charge in [-0.2, -0.15) is 0 Å². The van der Waals surface area contributed by atoms with E-state index < -0.39 is 53.9 Å². The van der Waals surface area contributed by atoms with Gasteiger partial charge in [-0.25, -0.2) is 9.59 Å². The quantitative estimate of drug-likeness (QED) is 0.118. The minimum Gasteiger partial charge on any atom is -0.439 e. The molecule has 288 valence electrons. The average molecular weight is 736 g/mol. The first kappa shape index (κ1) is 42.4. The largest absolute Gasteiger partial charge is 0.439 e. The Bertz CT molecular complexity index is 1630. The van der Waals surface area contributed by atoms with Crippen LogP contribution in [0.2, 0.25) is 0 Å². The van der Waals surface area contributed by atoms with Crippen molar-refractivity contribution in [2.45, 2.75) is 71.4 Å². The molecule has 0 spiro atoms. The number of aliphatic hydroxyl groups is 1. The fraction of sp³-hybridized carbons (Fsp3) is 0.462. The third kappa shape index (κ3) is 12.8. The highest BCUT2D eigenvalue weighted by Gasteiger charge is 2.33. The topological polar surface area (TPSA) is 207 Å². The number of nitrogens with two attached hydrogens (primary N) is 1. The number of benzene rings is 1. The van der Waals surface area contributed by atoms with Gasteiger partial charge in [-0.15, -0.1) is 0 Å². The summed E-state index contributed by atoms with van der Waals surface area (Å²) in [6.45, 7) is 7.67. The minimum absolute atomic E-state index is 0.0692. The van der Waals surface area contributed by atoms with Crippen LogP contribution in [0.25, 0.3) is 0 Å². The number of carbonyl (C=O) groups is 5. The van der Waals surface area contributed by atoms with Crippen molar-refractivity contribution in [2.24, 2.45) is 17.6 Å². The molecule has 14 nitrogen and oxygen atoms in total. The Labute approximate surface area is 310 Å². The molecule has 53 heavy (non-hydrogen) atoms. The highest BCUT2D eigenvalue weighted by Crippen LogP contribution is 2.29. The number of aliphatic hydroxyl groups excluding tert-OH is 1. The minimum atomic E-state index is -1.02. The smallest absolute Gasteiger partial charge is 0.405 e. The van der Waals surface area contributed by atoms with Crippen LogP contribution in [-0.2, 0) is 35.0 Å². The number of ketones is 2. The molecule has 0 saturated heterocycles. The molecule has 0 aromatic heterocycles. The zero-order valence-electron chi connectivity index (χ0n) is 31.3. The van der Waals surface area contributed by atoms with Crippen LogP contribution < -0.4 is 27.0 Å². The number of urea groups is 1. The number of fused-ring (bicyclic) bond motifs is 2. The molecular weight excluding hydrogens is 682 g/mol. The van der Waals surface area contributed by atoms with Gasteiger partial charge >= 0.3 is 12.1 Å². The zero-order chi connectivity index (χ0) is 39.1. The van der Waals surface area contributed by atoms with E-state index in [4.69, 9.17) is 19.9 Å². The van der Waals surface area contributed by atoms with Gasteiger partial charge in [0.05, 0.1) is 23.6 Å². The van der Waals surface area contributed by atoms with Gasteiger partial charge in [0.2, 0.25) is 11.6 Å². The first-order chi connectivity index (χ1) is 25.2. The molecule has 1 aliphatic heterocycles. The van der Waals surface area contributed by atoms with Gasteiger partial charge in [0, 0.05) is 57.0 Å². The predicted molar refractivity (Wildman–Crippen MR) is 199 cm³/mol. The molecule has 2 aliphatic rings. The molecule has 3 rings (SSSR count). The Balaban J connectivity index is 1.86.